The fraction of sp³-hybridized carbons (Fsp3) is 0.754. The number of nitrogens with one attached hydrogen (secondary N) is 3. The van der Waals surface area contributed by atoms with Gasteiger partial charge in [0.1, 0.15) is 30.3 Å². The number of halogens is 3. The molecule has 9 heterocycles. The summed E-state index contributed by atoms with van der Waals surface area (Å²) in [5.41, 5.74) is 5.60. The lowest BCUT2D eigenvalue weighted by atomic mass is 9.83. The minimum Gasteiger partial charge on any atom is -0.464 e. The molecule has 22 heteroatoms. The van der Waals surface area contributed by atoms with Gasteiger partial charge in [0, 0.05) is 124 Å². The molecule has 6 bridgehead atoms. The number of alkyl halides is 3. The van der Waals surface area contributed by atoms with Crippen molar-refractivity contribution < 1.29 is 51.3 Å². The van der Waals surface area contributed by atoms with Crippen LogP contribution in [0, 0.1) is 17.3 Å². The zero-order valence-corrected chi connectivity index (χ0v) is 48.9. The summed E-state index contributed by atoms with van der Waals surface area (Å²) in [6, 6.07) is 3.95. The number of aliphatic imine (C=N–C) groups is 1. The van der Waals surface area contributed by atoms with Gasteiger partial charge in [-0.2, -0.15) is 13.2 Å². The highest BCUT2D eigenvalue weighted by Gasteiger charge is 2.58. The van der Waals surface area contributed by atoms with Gasteiger partial charge in [-0.1, -0.05) is 26.7 Å². The number of nitrogens with zero attached hydrogens (tertiary/aromatic N) is 8. The van der Waals surface area contributed by atoms with E-state index in [4.69, 9.17) is 23.9 Å². The molecule has 0 unspecified atom stereocenters. The van der Waals surface area contributed by atoms with Gasteiger partial charge in [0.25, 0.3) is 5.91 Å². The summed E-state index contributed by atoms with van der Waals surface area (Å²) in [6.07, 6.45) is 6.66. The van der Waals surface area contributed by atoms with Gasteiger partial charge in [0.05, 0.1) is 62.6 Å². The van der Waals surface area contributed by atoms with Crippen LogP contribution in [0.1, 0.15) is 109 Å². The van der Waals surface area contributed by atoms with Crippen molar-refractivity contribution in [3.63, 3.8) is 0 Å². The number of carbonyl (C=O) groups is 4. The van der Waals surface area contributed by atoms with Crippen LogP contribution in [0.3, 0.4) is 0 Å². The Morgan fingerprint density at radius 3 is 2.43 bits per heavy atom. The second-order valence-corrected chi connectivity index (χ2v) is 27.0. The van der Waals surface area contributed by atoms with Gasteiger partial charge >= 0.3 is 12.1 Å². The van der Waals surface area contributed by atoms with Gasteiger partial charge in [-0.05, 0) is 107 Å². The second kappa shape index (κ2) is 22.9. The molecule has 8 atom stereocenters. The van der Waals surface area contributed by atoms with Crippen molar-refractivity contribution in [3.05, 3.63) is 35.2 Å². The van der Waals surface area contributed by atoms with E-state index in [9.17, 15) is 9.59 Å². The molecule has 1 spiro atoms. The number of amides is 3. The first-order valence-corrected chi connectivity index (χ1v) is 31.2. The third-order valence-electron chi connectivity index (χ3n) is 20.2. The van der Waals surface area contributed by atoms with Crippen LogP contribution in [0.5, 0.6) is 0 Å². The normalized spacial score (nSPS) is 31.2. The predicted molar refractivity (Wildman–Crippen MR) is 305 cm³/mol. The number of esters is 1. The van der Waals surface area contributed by atoms with Crippen LogP contribution in [0.25, 0.3) is 16.5 Å². The first kappa shape index (κ1) is 57.4. The quantitative estimate of drug-likeness (QED) is 0.199. The van der Waals surface area contributed by atoms with E-state index in [1.807, 2.05) is 44.0 Å². The third-order valence-corrected chi connectivity index (χ3v) is 20.2. The van der Waals surface area contributed by atoms with Crippen molar-refractivity contribution >= 4 is 52.1 Å². The van der Waals surface area contributed by atoms with Crippen LogP contribution in [0.15, 0.2) is 28.9 Å². The predicted octanol–water partition coefficient (Wildman–Crippen LogP) is 4.50. The largest absolute Gasteiger partial charge is 0.464 e. The molecule has 3 aliphatic carbocycles. The van der Waals surface area contributed by atoms with E-state index in [2.05, 4.69) is 35.7 Å². The van der Waals surface area contributed by atoms with Gasteiger partial charge in [0.15, 0.2) is 0 Å². The molecule has 1 aromatic heterocycles. The number of ether oxygens (including phenoxy) is 4. The Kier molecular flexibility index (Phi) is 15.8. The Balaban J connectivity index is 0.818. The molecule has 454 valence electrons. The Morgan fingerprint density at radius 2 is 1.70 bits per heavy atom. The summed E-state index contributed by atoms with van der Waals surface area (Å²) in [4.78, 5) is 74.6. The van der Waals surface area contributed by atoms with Crippen molar-refractivity contribution in [2.45, 2.75) is 177 Å². The van der Waals surface area contributed by atoms with E-state index >= 15 is 22.8 Å². The molecule has 3 saturated carbocycles. The molecule has 9 fully saturated rings. The number of aromatic nitrogens is 1. The number of likely N-dealkylation sites (tertiary alicyclic amines) is 1. The van der Waals surface area contributed by atoms with Gasteiger partial charge < -0.3 is 38.6 Å². The van der Waals surface area contributed by atoms with Crippen LogP contribution in [0.2, 0.25) is 0 Å². The maximum atomic E-state index is 15.3. The van der Waals surface area contributed by atoms with E-state index < -0.39 is 60.0 Å². The zero-order valence-electron chi connectivity index (χ0n) is 48.9. The van der Waals surface area contributed by atoms with E-state index in [1.165, 1.54) is 35.3 Å². The fourth-order valence-electron chi connectivity index (χ4n) is 15.4. The number of methoxy groups -OCH3 is 1. The van der Waals surface area contributed by atoms with Crippen LogP contribution in [-0.4, -0.2) is 224 Å². The van der Waals surface area contributed by atoms with Gasteiger partial charge in [-0.3, -0.25) is 49.2 Å². The summed E-state index contributed by atoms with van der Waals surface area (Å²) in [5.74, 6) is -0.350. The van der Waals surface area contributed by atoms with Crippen molar-refractivity contribution in [2.24, 2.45) is 22.2 Å². The average molecular weight is 1160 g/mol. The van der Waals surface area contributed by atoms with E-state index in [0.717, 1.165) is 68.7 Å². The lowest BCUT2D eigenvalue weighted by molar-refractivity contribution is -0.197. The standard InChI is InChI=1S/C61H86F3N11O8/c1-37(80-4)50-45(27-42(30-65-50)70-20-18-69(19-21-70)40-13-14-40)54-46-29-59(2,3)36-82-58(79)47-10-7-17-75(68-47)56(77)48(28-43-31-71(22-24-81-43)41-15-16-49(44(46)26-41)74(54)35-61(62,63)64)66-55(76)53(39-8-5-6-9-39)72-23-25-83-60(32-72)33-73(34-60)57(78)52-51(67-52)38-11-12-38/h15-16,26,30,37-40,42-43,47-48,51-53,67-68H,5-14,17-25,27-29,31-36H2,1-4H3,(H,66,76)/t37-,42+,43-,47-,48-,51+,52+,53-/m0/s1. The van der Waals surface area contributed by atoms with Crippen molar-refractivity contribution in [1.82, 2.24) is 45.2 Å². The number of cyclic esters (lactones) is 1. The zero-order chi connectivity index (χ0) is 57.5. The van der Waals surface area contributed by atoms with Crippen LogP contribution in [0.4, 0.5) is 18.9 Å². The molecule has 2 aromatic rings. The third kappa shape index (κ3) is 12.1. The number of carbonyl (C=O) groups excluding carboxylic acids is 4. The van der Waals surface area contributed by atoms with Crippen molar-refractivity contribution in [2.75, 3.05) is 104 Å². The summed E-state index contributed by atoms with van der Waals surface area (Å²) in [7, 11) is 1.60. The number of hydrazine groups is 1. The number of hydrogen-bond donors (Lipinski definition) is 3. The molecule has 19 nitrogen and oxygen atoms in total. The number of benzene rings is 1. The first-order chi connectivity index (χ1) is 39.9. The number of anilines is 1. The van der Waals surface area contributed by atoms with E-state index in [1.54, 1.807) is 13.2 Å². The Morgan fingerprint density at radius 1 is 0.928 bits per heavy atom. The summed E-state index contributed by atoms with van der Waals surface area (Å²) >= 11 is 0. The minimum absolute atomic E-state index is 0.0440. The van der Waals surface area contributed by atoms with E-state index in [0.29, 0.717) is 113 Å². The monoisotopic (exact) mass is 1160 g/mol. The lowest BCUT2D eigenvalue weighted by Crippen LogP contribution is -2.73. The highest BCUT2D eigenvalue weighted by molar-refractivity contribution is 5.95. The molecule has 1 aromatic carbocycles. The highest BCUT2D eigenvalue weighted by Crippen LogP contribution is 2.45. The molecule has 13 rings (SSSR count). The average Bonchev–Trinajstić information content (AvgIpc) is 2.82. The molecular formula is C61H86F3N11O8. The number of morpholine rings is 2. The van der Waals surface area contributed by atoms with Crippen LogP contribution >= 0.6 is 0 Å². The Bertz CT molecular complexity index is 2850. The summed E-state index contributed by atoms with van der Waals surface area (Å²) in [6.45, 7) is 12.0. The van der Waals surface area contributed by atoms with Crippen LogP contribution < -0.4 is 21.0 Å². The van der Waals surface area contributed by atoms with Gasteiger partial charge in [-0.25, -0.2) is 5.43 Å². The minimum atomic E-state index is -4.58. The Hall–Kier alpha value is -4.68. The number of fused-ring (bicyclic) bond motifs is 6. The molecule has 8 aliphatic heterocycles. The second-order valence-electron chi connectivity index (χ2n) is 27.0. The molecule has 3 amide bonds. The lowest BCUT2D eigenvalue weighted by Gasteiger charge is -2.55. The maximum absolute atomic E-state index is 15.3. The molecule has 6 saturated heterocycles. The summed E-state index contributed by atoms with van der Waals surface area (Å²) in [5, 5.41) is 8.83. The smallest absolute Gasteiger partial charge is 0.406 e. The summed E-state index contributed by atoms with van der Waals surface area (Å²) < 4.78 is 72.4. The molecule has 11 aliphatic rings. The molecule has 0 radical (unpaired) electrons. The Labute approximate surface area is 485 Å². The van der Waals surface area contributed by atoms with Crippen molar-refractivity contribution in [3.8, 4) is 0 Å². The number of hydrogen-bond acceptors (Lipinski definition) is 15. The highest BCUT2D eigenvalue weighted by atomic mass is 19.4. The van der Waals surface area contributed by atoms with Gasteiger partial charge in [-0.15, -0.1) is 0 Å². The SMILES string of the molecule is CO[C@@H](C)C1=C(c2c3c4cc(ccc4n2CC(F)(F)F)N2CCO[C@@H](C[C@H](NC(=O)[C@H](C4CCCC4)N4CCOC5(CN(C(=O)[C@@H]6N[C@@H]6C6CC6)C5)C4)C(=O)N4CCC[C@H](N4)C(=O)OCC(C)(C)C3)C2)C[C@@H](N2CCN(C3CC3)CC2)C=N1. The maximum Gasteiger partial charge on any atom is 0.406 e. The van der Waals surface area contributed by atoms with Crippen LogP contribution in [-0.2, 0) is 51.1 Å². The van der Waals surface area contributed by atoms with E-state index in [-0.39, 0.29) is 61.2 Å². The van der Waals surface area contributed by atoms with Crippen molar-refractivity contribution in [1.29, 1.82) is 0 Å². The molecule has 3 N–H and O–H groups in total. The molecular weight excluding hydrogens is 1070 g/mol. The van der Waals surface area contributed by atoms with Gasteiger partial charge in [0.2, 0.25) is 11.8 Å². The first-order valence-electron chi connectivity index (χ1n) is 31.2. The fourth-order valence-corrected chi connectivity index (χ4v) is 15.4. The topological polar surface area (TPSA) is 188 Å². The number of piperazine rings is 1. The molecule has 83 heavy (non-hydrogen) atoms. The number of rotatable bonds is 12.